The van der Waals surface area contributed by atoms with E-state index in [0.717, 1.165) is 19.3 Å². The molecule has 8 heteroatoms. The van der Waals surface area contributed by atoms with Gasteiger partial charge in [0.15, 0.2) is 0 Å². The molecule has 3 N–H and O–H groups in total. The second-order valence-electron chi connectivity index (χ2n) is 5.19. The first kappa shape index (κ1) is 17.3. The zero-order chi connectivity index (χ0) is 15.7. The van der Waals surface area contributed by atoms with Crippen LogP contribution < -0.4 is 10.5 Å². The number of halogens is 2. The van der Waals surface area contributed by atoms with E-state index in [1.807, 2.05) is 0 Å². The number of thiocarbonyl (C=S) groups is 1. The van der Waals surface area contributed by atoms with Crippen LogP contribution in [-0.4, -0.2) is 18.9 Å². The van der Waals surface area contributed by atoms with E-state index in [-0.39, 0.29) is 9.88 Å². The van der Waals surface area contributed by atoms with Crippen LogP contribution >= 0.6 is 44.1 Å². The zero-order valence-electron chi connectivity index (χ0n) is 11.2. The molecule has 21 heavy (non-hydrogen) atoms. The monoisotopic (exact) mass is 454 g/mol. The minimum atomic E-state index is -3.71. The summed E-state index contributed by atoms with van der Waals surface area (Å²) < 4.78 is 29.4. The van der Waals surface area contributed by atoms with Crippen molar-refractivity contribution in [2.45, 2.75) is 42.5 Å². The van der Waals surface area contributed by atoms with Gasteiger partial charge in [0.2, 0.25) is 10.0 Å². The molecule has 0 radical (unpaired) electrons. The molecule has 0 unspecified atom stereocenters. The van der Waals surface area contributed by atoms with E-state index in [0.29, 0.717) is 21.8 Å². The lowest BCUT2D eigenvalue weighted by Gasteiger charge is -2.36. The quantitative estimate of drug-likeness (QED) is 0.681. The molecule has 1 aliphatic rings. The average Bonchev–Trinajstić information content (AvgIpc) is 2.42. The van der Waals surface area contributed by atoms with Crippen LogP contribution in [0.3, 0.4) is 0 Å². The van der Waals surface area contributed by atoms with Crippen molar-refractivity contribution >= 4 is 59.1 Å². The number of nitrogens with two attached hydrogens (primary N) is 1. The Morgan fingerprint density at radius 1 is 1.24 bits per heavy atom. The van der Waals surface area contributed by atoms with E-state index in [4.69, 9.17) is 18.0 Å². The van der Waals surface area contributed by atoms with Crippen LogP contribution in [0.4, 0.5) is 0 Å². The van der Waals surface area contributed by atoms with Gasteiger partial charge >= 0.3 is 0 Å². The largest absolute Gasteiger partial charge is 0.392 e. The number of hydrogen-bond donors (Lipinski definition) is 2. The first-order valence-electron chi connectivity index (χ1n) is 6.56. The van der Waals surface area contributed by atoms with Gasteiger partial charge in [0.05, 0.1) is 15.4 Å². The van der Waals surface area contributed by atoms with Gasteiger partial charge in [-0.3, -0.25) is 0 Å². The molecule has 0 aromatic heterocycles. The maximum absolute atomic E-state index is 12.7. The van der Waals surface area contributed by atoms with Gasteiger partial charge in [0.1, 0.15) is 0 Å². The Kier molecular flexibility index (Phi) is 5.46. The standard InChI is InChI=1S/C13H16Br2N2O2S2/c14-9-4-5-10(15)11(8-9)21(18,19)17-13(12(16)20)6-2-1-3-7-13/h4-5,8,17H,1-3,6-7H2,(H2,16,20). The Balaban J connectivity index is 2.39. The lowest BCUT2D eigenvalue weighted by molar-refractivity contribution is 0.353. The van der Waals surface area contributed by atoms with Crippen LogP contribution in [0.15, 0.2) is 32.0 Å². The number of benzene rings is 1. The Morgan fingerprint density at radius 3 is 2.43 bits per heavy atom. The van der Waals surface area contributed by atoms with Crippen molar-refractivity contribution in [1.82, 2.24) is 4.72 Å². The summed E-state index contributed by atoms with van der Waals surface area (Å²) in [5.41, 5.74) is 5.03. The molecule has 0 amide bonds. The van der Waals surface area contributed by atoms with E-state index >= 15 is 0 Å². The fourth-order valence-corrected chi connectivity index (χ4v) is 5.81. The molecule has 1 aromatic carbocycles. The maximum Gasteiger partial charge on any atom is 0.242 e. The SMILES string of the molecule is NC(=S)C1(NS(=O)(=O)c2cc(Br)ccc2Br)CCCCC1. The fraction of sp³-hybridized carbons (Fsp3) is 0.462. The minimum absolute atomic E-state index is 0.179. The highest BCUT2D eigenvalue weighted by molar-refractivity contribution is 9.11. The van der Waals surface area contributed by atoms with E-state index in [1.165, 1.54) is 0 Å². The van der Waals surface area contributed by atoms with Gasteiger partial charge in [0, 0.05) is 8.95 Å². The highest BCUT2D eigenvalue weighted by Gasteiger charge is 2.39. The number of sulfonamides is 1. The smallest absolute Gasteiger partial charge is 0.242 e. The van der Waals surface area contributed by atoms with Crippen LogP contribution in [0.25, 0.3) is 0 Å². The van der Waals surface area contributed by atoms with Crippen LogP contribution in [0.1, 0.15) is 32.1 Å². The highest BCUT2D eigenvalue weighted by atomic mass is 79.9. The van der Waals surface area contributed by atoms with Gasteiger partial charge in [-0.25, -0.2) is 8.42 Å². The summed E-state index contributed by atoms with van der Waals surface area (Å²) >= 11 is 11.7. The summed E-state index contributed by atoms with van der Waals surface area (Å²) in [5, 5.41) is 0. The molecule has 2 rings (SSSR count). The zero-order valence-corrected chi connectivity index (χ0v) is 16.0. The summed E-state index contributed by atoms with van der Waals surface area (Å²) in [7, 11) is -3.71. The third kappa shape index (κ3) is 3.85. The molecule has 116 valence electrons. The van der Waals surface area contributed by atoms with E-state index in [9.17, 15) is 8.42 Å². The van der Waals surface area contributed by atoms with Crippen LogP contribution in [0, 0.1) is 0 Å². The molecule has 1 aliphatic carbocycles. The topological polar surface area (TPSA) is 72.2 Å². The molecule has 0 bridgehead atoms. The summed E-state index contributed by atoms with van der Waals surface area (Å²) in [6.07, 6.45) is 4.20. The van der Waals surface area contributed by atoms with Gasteiger partial charge < -0.3 is 5.73 Å². The van der Waals surface area contributed by atoms with Gasteiger partial charge in [0.25, 0.3) is 0 Å². The number of hydrogen-bond acceptors (Lipinski definition) is 3. The molecule has 4 nitrogen and oxygen atoms in total. The molecule has 0 aliphatic heterocycles. The molecule has 0 heterocycles. The first-order valence-corrected chi connectivity index (χ1v) is 10.0. The number of nitrogens with one attached hydrogen (secondary N) is 1. The third-order valence-corrected chi connectivity index (χ3v) is 7.11. The molecular formula is C13H16Br2N2O2S2. The summed E-state index contributed by atoms with van der Waals surface area (Å²) in [6, 6.07) is 5.02. The fourth-order valence-electron chi connectivity index (χ4n) is 2.55. The Hall–Kier alpha value is -0.0200. The highest BCUT2D eigenvalue weighted by Crippen LogP contribution is 2.32. The van der Waals surface area contributed by atoms with E-state index in [1.54, 1.807) is 18.2 Å². The summed E-state index contributed by atoms with van der Waals surface area (Å²) in [4.78, 5) is 0.398. The van der Waals surface area contributed by atoms with E-state index < -0.39 is 15.6 Å². The van der Waals surface area contributed by atoms with Crippen molar-refractivity contribution < 1.29 is 8.42 Å². The second kappa shape index (κ2) is 6.62. The van der Waals surface area contributed by atoms with Crippen molar-refractivity contribution in [3.05, 3.63) is 27.1 Å². The van der Waals surface area contributed by atoms with Crippen molar-refractivity contribution in [2.75, 3.05) is 0 Å². The minimum Gasteiger partial charge on any atom is -0.392 e. The molecule has 0 atom stereocenters. The van der Waals surface area contributed by atoms with E-state index in [2.05, 4.69) is 36.6 Å². The van der Waals surface area contributed by atoms with Crippen molar-refractivity contribution in [3.8, 4) is 0 Å². The van der Waals surface area contributed by atoms with Gasteiger partial charge in [-0.15, -0.1) is 0 Å². The predicted octanol–water partition coefficient (Wildman–Crippen LogP) is 3.48. The molecule has 1 aromatic rings. The molecule has 0 saturated heterocycles. The van der Waals surface area contributed by atoms with Crippen molar-refractivity contribution in [2.24, 2.45) is 5.73 Å². The lowest BCUT2D eigenvalue weighted by atomic mass is 9.82. The predicted molar refractivity (Wildman–Crippen MR) is 94.8 cm³/mol. The molecular weight excluding hydrogens is 440 g/mol. The third-order valence-electron chi connectivity index (χ3n) is 3.69. The number of rotatable bonds is 4. The Morgan fingerprint density at radius 2 is 1.86 bits per heavy atom. The average molecular weight is 456 g/mol. The van der Waals surface area contributed by atoms with Crippen LogP contribution in [-0.2, 0) is 10.0 Å². The van der Waals surface area contributed by atoms with Crippen molar-refractivity contribution in [1.29, 1.82) is 0 Å². The van der Waals surface area contributed by atoms with Gasteiger partial charge in [-0.1, -0.05) is 47.4 Å². The van der Waals surface area contributed by atoms with Gasteiger partial charge in [-0.05, 0) is 47.0 Å². The first-order chi connectivity index (χ1) is 9.77. The molecule has 0 spiro atoms. The lowest BCUT2D eigenvalue weighted by Crippen LogP contribution is -2.57. The molecule has 1 saturated carbocycles. The summed E-state index contributed by atoms with van der Waals surface area (Å²) in [6.45, 7) is 0. The Labute approximate surface area is 147 Å². The Bertz CT molecular complexity index is 656. The normalized spacial score (nSPS) is 18.4. The van der Waals surface area contributed by atoms with Gasteiger partial charge in [-0.2, -0.15) is 4.72 Å². The van der Waals surface area contributed by atoms with Crippen molar-refractivity contribution in [3.63, 3.8) is 0 Å². The molecule has 1 fully saturated rings. The maximum atomic E-state index is 12.7. The van der Waals surface area contributed by atoms with Crippen LogP contribution in [0.2, 0.25) is 0 Å². The second-order valence-corrected chi connectivity index (χ2v) is 9.05. The summed E-state index contributed by atoms with van der Waals surface area (Å²) in [5.74, 6) is 0. The van der Waals surface area contributed by atoms with Crippen LogP contribution in [0.5, 0.6) is 0 Å².